The lowest BCUT2D eigenvalue weighted by molar-refractivity contribution is 0.198. The van der Waals surface area contributed by atoms with Gasteiger partial charge in [-0.25, -0.2) is 0 Å². The van der Waals surface area contributed by atoms with Gasteiger partial charge in [-0.1, -0.05) is 0 Å². The Labute approximate surface area is 60.7 Å². The highest BCUT2D eigenvalue weighted by molar-refractivity contribution is 7.33. The number of nitrogens with zero attached hydrogens (tertiary/aromatic N) is 1. The van der Waals surface area contributed by atoms with E-state index in [1.165, 1.54) is 0 Å². The van der Waals surface area contributed by atoms with Crippen molar-refractivity contribution in [2.45, 2.75) is 20.0 Å². The minimum atomic E-state index is -2.42. The van der Waals surface area contributed by atoms with Crippen LogP contribution in [0.15, 0.2) is 0 Å². The van der Waals surface area contributed by atoms with E-state index in [-0.39, 0.29) is 12.7 Å². The van der Waals surface area contributed by atoms with Gasteiger partial charge in [-0.2, -0.15) is 5.26 Å². The van der Waals surface area contributed by atoms with Crippen molar-refractivity contribution in [3.8, 4) is 6.07 Å². The Balaban J connectivity index is 3.37. The summed E-state index contributed by atoms with van der Waals surface area (Å²) in [6, 6.07) is 1.70. The maximum Gasteiger partial charge on any atom is 0.320 e. The van der Waals surface area contributed by atoms with Crippen LogP contribution in [-0.4, -0.2) is 12.7 Å². The van der Waals surface area contributed by atoms with E-state index in [0.717, 1.165) is 0 Å². The molecule has 0 aliphatic carbocycles. The Morgan fingerprint density at radius 1 is 1.70 bits per heavy atom. The molecule has 0 saturated heterocycles. The molecule has 0 amide bonds. The number of rotatable bonds is 4. The molecule has 0 radical (unpaired) electrons. The van der Waals surface area contributed by atoms with Gasteiger partial charge < -0.3 is 4.52 Å². The molecule has 1 unspecified atom stereocenters. The molecule has 4 nitrogen and oxygen atoms in total. The van der Waals surface area contributed by atoms with Crippen LogP contribution in [0.5, 0.6) is 0 Å². The summed E-state index contributed by atoms with van der Waals surface area (Å²) in [6.07, 6.45) is -0.120. The summed E-state index contributed by atoms with van der Waals surface area (Å²) in [5, 5.41) is 8.00. The zero-order valence-corrected chi connectivity index (χ0v) is 6.96. The Morgan fingerprint density at radius 2 is 2.30 bits per heavy atom. The van der Waals surface area contributed by atoms with Crippen LogP contribution in [0.4, 0.5) is 0 Å². The van der Waals surface area contributed by atoms with Gasteiger partial charge in [0.05, 0.1) is 12.2 Å². The van der Waals surface area contributed by atoms with Crippen LogP contribution in [0, 0.1) is 11.3 Å². The fourth-order valence-electron chi connectivity index (χ4n) is 0.318. The first-order chi connectivity index (χ1) is 4.66. The second-order valence-corrected chi connectivity index (χ2v) is 2.89. The zero-order valence-electron chi connectivity index (χ0n) is 5.96. The average molecular weight is 163 g/mol. The molecule has 5 heteroatoms. The summed E-state index contributed by atoms with van der Waals surface area (Å²) in [5.74, 6) is 0. The standard InChI is InChI=1S/C5H10NO3P/c1-5(2)9-10(7)8-4-3-6/h5,10H,4H2,1-2H3. The second kappa shape index (κ2) is 5.43. The summed E-state index contributed by atoms with van der Waals surface area (Å²) < 4.78 is 19.8. The molecule has 0 rings (SSSR count). The predicted molar refractivity (Wildman–Crippen MR) is 36.8 cm³/mol. The fraction of sp³-hybridized carbons (Fsp3) is 0.800. The molecule has 0 spiro atoms. The smallest absolute Gasteiger partial charge is 0.308 e. The summed E-state index contributed by atoms with van der Waals surface area (Å²) in [7, 11) is -2.42. The SMILES string of the molecule is CC(C)O[PH](=O)OCC#N. The third kappa shape index (κ3) is 5.77. The third-order valence-electron chi connectivity index (χ3n) is 0.586. The van der Waals surface area contributed by atoms with Crippen LogP contribution in [-0.2, 0) is 13.6 Å². The van der Waals surface area contributed by atoms with Crippen LogP contribution in [0.25, 0.3) is 0 Å². The van der Waals surface area contributed by atoms with Crippen LogP contribution in [0.3, 0.4) is 0 Å². The maximum atomic E-state index is 10.6. The van der Waals surface area contributed by atoms with Crippen molar-refractivity contribution in [2.75, 3.05) is 6.61 Å². The molecule has 0 aromatic carbocycles. The van der Waals surface area contributed by atoms with Crippen molar-refractivity contribution in [1.82, 2.24) is 0 Å². The fourth-order valence-corrected chi connectivity index (χ4v) is 0.953. The molecule has 0 N–H and O–H groups in total. The Morgan fingerprint density at radius 3 is 2.70 bits per heavy atom. The predicted octanol–water partition coefficient (Wildman–Crippen LogP) is 1.34. The van der Waals surface area contributed by atoms with Crippen molar-refractivity contribution >= 4 is 8.25 Å². The Bertz CT molecular complexity index is 151. The normalized spacial score (nSPS) is 13.0. The van der Waals surface area contributed by atoms with Gasteiger partial charge in [0.1, 0.15) is 6.61 Å². The van der Waals surface area contributed by atoms with Gasteiger partial charge in [-0.05, 0) is 13.8 Å². The summed E-state index contributed by atoms with van der Waals surface area (Å²) in [5.41, 5.74) is 0. The molecule has 0 bridgehead atoms. The summed E-state index contributed by atoms with van der Waals surface area (Å²) >= 11 is 0. The lowest BCUT2D eigenvalue weighted by atomic mass is 10.5. The van der Waals surface area contributed by atoms with E-state index >= 15 is 0 Å². The van der Waals surface area contributed by atoms with Crippen LogP contribution >= 0.6 is 8.25 Å². The third-order valence-corrected chi connectivity index (χ3v) is 1.63. The molecule has 0 heterocycles. The minimum Gasteiger partial charge on any atom is -0.308 e. The van der Waals surface area contributed by atoms with E-state index in [0.29, 0.717) is 0 Å². The lowest BCUT2D eigenvalue weighted by Crippen LogP contribution is -1.95. The van der Waals surface area contributed by atoms with E-state index < -0.39 is 8.25 Å². The highest BCUT2D eigenvalue weighted by Gasteiger charge is 2.00. The number of nitriles is 1. The molecule has 0 aromatic rings. The Kier molecular flexibility index (Phi) is 5.23. The minimum absolute atomic E-state index is 0.120. The van der Waals surface area contributed by atoms with Gasteiger partial charge in [-0.3, -0.25) is 9.09 Å². The van der Waals surface area contributed by atoms with Gasteiger partial charge in [0.15, 0.2) is 0 Å². The first-order valence-electron chi connectivity index (χ1n) is 2.87. The Hall–Kier alpha value is -0.360. The molecular weight excluding hydrogens is 153 g/mol. The molecule has 0 aromatic heterocycles. The van der Waals surface area contributed by atoms with Gasteiger partial charge >= 0.3 is 8.25 Å². The van der Waals surface area contributed by atoms with Crippen molar-refractivity contribution in [3.63, 3.8) is 0 Å². The van der Waals surface area contributed by atoms with Gasteiger partial charge in [-0.15, -0.1) is 0 Å². The highest BCUT2D eigenvalue weighted by atomic mass is 31.1. The molecule has 58 valence electrons. The monoisotopic (exact) mass is 163 g/mol. The summed E-state index contributed by atoms with van der Waals surface area (Å²) in [6.45, 7) is 3.32. The maximum absolute atomic E-state index is 10.6. The second-order valence-electron chi connectivity index (χ2n) is 1.86. The van der Waals surface area contributed by atoms with Gasteiger partial charge in [0.2, 0.25) is 0 Å². The van der Waals surface area contributed by atoms with E-state index in [1.807, 2.05) is 0 Å². The van der Waals surface area contributed by atoms with Crippen molar-refractivity contribution < 1.29 is 13.6 Å². The lowest BCUT2D eigenvalue weighted by Gasteiger charge is -2.04. The molecule has 0 fully saturated rings. The molecule has 0 aliphatic heterocycles. The highest BCUT2D eigenvalue weighted by Crippen LogP contribution is 2.24. The quantitative estimate of drug-likeness (QED) is 0.586. The van der Waals surface area contributed by atoms with Gasteiger partial charge in [0, 0.05) is 0 Å². The first kappa shape index (κ1) is 9.64. The van der Waals surface area contributed by atoms with Crippen LogP contribution in [0.1, 0.15) is 13.8 Å². The average Bonchev–Trinajstić information content (AvgIpc) is 1.82. The zero-order chi connectivity index (χ0) is 7.98. The van der Waals surface area contributed by atoms with Crippen molar-refractivity contribution in [1.29, 1.82) is 5.26 Å². The molecule has 1 atom stereocenters. The molecule has 10 heavy (non-hydrogen) atoms. The largest absolute Gasteiger partial charge is 0.320 e. The molecular formula is C5H10NO3P. The summed E-state index contributed by atoms with van der Waals surface area (Å²) in [4.78, 5) is 0. The van der Waals surface area contributed by atoms with E-state index in [1.54, 1.807) is 19.9 Å². The van der Waals surface area contributed by atoms with Crippen LogP contribution < -0.4 is 0 Å². The van der Waals surface area contributed by atoms with Crippen molar-refractivity contribution in [2.24, 2.45) is 0 Å². The van der Waals surface area contributed by atoms with Crippen molar-refractivity contribution in [3.05, 3.63) is 0 Å². The first-order valence-corrected chi connectivity index (χ1v) is 4.09. The number of hydrogen-bond donors (Lipinski definition) is 0. The van der Waals surface area contributed by atoms with Gasteiger partial charge in [0.25, 0.3) is 0 Å². The molecule has 0 saturated carbocycles. The van der Waals surface area contributed by atoms with E-state index in [4.69, 9.17) is 9.79 Å². The van der Waals surface area contributed by atoms with Crippen LogP contribution in [0.2, 0.25) is 0 Å². The van der Waals surface area contributed by atoms with E-state index in [9.17, 15) is 4.57 Å². The molecule has 0 aliphatic rings. The van der Waals surface area contributed by atoms with E-state index in [2.05, 4.69) is 4.52 Å². The topological polar surface area (TPSA) is 59.3 Å². The number of hydrogen-bond acceptors (Lipinski definition) is 4.